The second-order valence-electron chi connectivity index (χ2n) is 5.13. The lowest BCUT2D eigenvalue weighted by atomic mass is 10.2. The fraction of sp³-hybridized carbons (Fsp3) is 0.0588. The predicted octanol–water partition coefficient (Wildman–Crippen LogP) is 2.72. The molecule has 0 spiro atoms. The molecular formula is C17H14ClN3O4S. The Morgan fingerprint density at radius 3 is 2.31 bits per heavy atom. The van der Waals surface area contributed by atoms with Crippen LogP contribution in [0.1, 0.15) is 5.56 Å². The van der Waals surface area contributed by atoms with Gasteiger partial charge in [-0.1, -0.05) is 23.7 Å². The Kier molecular flexibility index (Phi) is 6.36. The first-order chi connectivity index (χ1) is 12.3. The van der Waals surface area contributed by atoms with E-state index in [1.54, 1.807) is 18.2 Å². The highest BCUT2D eigenvalue weighted by Crippen LogP contribution is 2.14. The van der Waals surface area contributed by atoms with Crippen LogP contribution in [-0.2, 0) is 21.5 Å². The molecule has 0 atom stereocenters. The summed E-state index contributed by atoms with van der Waals surface area (Å²) in [6, 6.07) is 13.8. The number of nitrogens with zero attached hydrogens (tertiary/aromatic N) is 1. The van der Waals surface area contributed by atoms with E-state index in [9.17, 15) is 13.2 Å². The molecule has 3 N–H and O–H groups in total. The van der Waals surface area contributed by atoms with Gasteiger partial charge in [-0.25, -0.2) is 0 Å². The third-order valence-electron chi connectivity index (χ3n) is 3.24. The first kappa shape index (κ1) is 19.5. The van der Waals surface area contributed by atoms with Gasteiger partial charge in [-0.05, 0) is 42.0 Å². The van der Waals surface area contributed by atoms with Crippen molar-refractivity contribution in [3.8, 4) is 6.07 Å². The molecule has 0 saturated heterocycles. The monoisotopic (exact) mass is 391 g/mol. The number of hydrogen-bond acceptors (Lipinski definition) is 5. The number of halogens is 1. The van der Waals surface area contributed by atoms with E-state index in [1.807, 2.05) is 12.1 Å². The van der Waals surface area contributed by atoms with Gasteiger partial charge in [0.05, 0.1) is 4.90 Å². The average Bonchev–Trinajstić information content (AvgIpc) is 2.60. The van der Waals surface area contributed by atoms with Crippen molar-refractivity contribution in [3.63, 3.8) is 0 Å². The van der Waals surface area contributed by atoms with Crippen molar-refractivity contribution in [3.05, 3.63) is 70.9 Å². The van der Waals surface area contributed by atoms with Crippen molar-refractivity contribution >= 4 is 33.3 Å². The number of hydrogen-bond donors (Lipinski definition) is 3. The molecule has 9 heteroatoms. The SMILES string of the molecule is N#C/C(=C/NCc1ccc(Cl)cc1)C(=O)Nc1ccc(S(=O)(=O)O)cc1. The van der Waals surface area contributed by atoms with Crippen LogP contribution in [0.5, 0.6) is 0 Å². The van der Waals surface area contributed by atoms with Crippen molar-refractivity contribution in [2.24, 2.45) is 0 Å². The van der Waals surface area contributed by atoms with E-state index < -0.39 is 16.0 Å². The highest BCUT2D eigenvalue weighted by atomic mass is 35.5. The van der Waals surface area contributed by atoms with E-state index in [2.05, 4.69) is 10.6 Å². The first-order valence-corrected chi connectivity index (χ1v) is 9.08. The van der Waals surface area contributed by atoms with Crippen LogP contribution in [0, 0.1) is 11.3 Å². The third-order valence-corrected chi connectivity index (χ3v) is 4.36. The predicted molar refractivity (Wildman–Crippen MR) is 96.9 cm³/mol. The Hall–Kier alpha value is -2.86. The van der Waals surface area contributed by atoms with Crippen LogP contribution >= 0.6 is 11.6 Å². The largest absolute Gasteiger partial charge is 0.386 e. The fourth-order valence-electron chi connectivity index (χ4n) is 1.93. The van der Waals surface area contributed by atoms with E-state index in [4.69, 9.17) is 21.4 Å². The van der Waals surface area contributed by atoms with Crippen LogP contribution < -0.4 is 10.6 Å². The molecule has 0 heterocycles. The summed E-state index contributed by atoms with van der Waals surface area (Å²) < 4.78 is 30.9. The molecule has 0 bridgehead atoms. The van der Waals surface area contributed by atoms with Crippen LogP contribution in [0.15, 0.2) is 65.2 Å². The van der Waals surface area contributed by atoms with E-state index in [1.165, 1.54) is 18.3 Å². The molecule has 7 nitrogen and oxygen atoms in total. The Morgan fingerprint density at radius 2 is 1.77 bits per heavy atom. The van der Waals surface area contributed by atoms with Gasteiger partial charge >= 0.3 is 0 Å². The molecule has 2 rings (SSSR count). The maximum Gasteiger partial charge on any atom is 0.294 e. The molecule has 0 fully saturated rings. The molecule has 0 aliphatic heterocycles. The topological polar surface area (TPSA) is 119 Å². The number of carbonyl (C=O) groups excluding carboxylic acids is 1. The Labute approximate surface area is 155 Å². The van der Waals surface area contributed by atoms with Gasteiger partial charge in [-0.2, -0.15) is 13.7 Å². The number of nitriles is 1. The number of nitrogens with one attached hydrogen (secondary N) is 2. The van der Waals surface area contributed by atoms with Crippen LogP contribution in [0.4, 0.5) is 5.69 Å². The second kappa shape index (κ2) is 8.49. The highest BCUT2D eigenvalue weighted by molar-refractivity contribution is 7.85. The molecule has 0 radical (unpaired) electrons. The summed E-state index contributed by atoms with van der Waals surface area (Å²) in [7, 11) is -4.30. The quantitative estimate of drug-likeness (QED) is 0.395. The molecule has 0 aliphatic rings. The lowest BCUT2D eigenvalue weighted by molar-refractivity contribution is -0.112. The third kappa shape index (κ3) is 5.60. The van der Waals surface area contributed by atoms with Gasteiger partial charge in [-0.15, -0.1) is 0 Å². The molecule has 2 aromatic rings. The van der Waals surface area contributed by atoms with E-state index in [0.29, 0.717) is 11.6 Å². The highest BCUT2D eigenvalue weighted by Gasteiger charge is 2.11. The maximum atomic E-state index is 12.1. The van der Waals surface area contributed by atoms with Crippen molar-refractivity contribution in [2.75, 3.05) is 5.32 Å². The molecule has 0 aliphatic carbocycles. The number of rotatable bonds is 6. The molecule has 1 amide bonds. The van der Waals surface area contributed by atoms with Crippen LogP contribution in [0.25, 0.3) is 0 Å². The van der Waals surface area contributed by atoms with E-state index in [-0.39, 0.29) is 16.2 Å². The zero-order chi connectivity index (χ0) is 19.2. The second-order valence-corrected chi connectivity index (χ2v) is 6.99. The summed E-state index contributed by atoms with van der Waals surface area (Å²) in [4.78, 5) is 11.8. The molecule has 0 aromatic heterocycles. The Morgan fingerprint density at radius 1 is 1.15 bits per heavy atom. The number of anilines is 1. The summed E-state index contributed by atoms with van der Waals surface area (Å²) in [5.41, 5.74) is 1.04. The van der Waals surface area contributed by atoms with Crippen molar-refractivity contribution in [2.45, 2.75) is 11.4 Å². The normalized spacial score (nSPS) is 11.5. The molecule has 2 aromatic carbocycles. The summed E-state index contributed by atoms with van der Waals surface area (Å²) in [6.07, 6.45) is 1.29. The van der Waals surface area contributed by atoms with Gasteiger partial charge in [0.25, 0.3) is 16.0 Å². The number of carbonyl (C=O) groups is 1. The molecule has 0 unspecified atom stereocenters. The van der Waals surface area contributed by atoms with E-state index >= 15 is 0 Å². The molecular weight excluding hydrogens is 378 g/mol. The summed E-state index contributed by atoms with van der Waals surface area (Å²) >= 11 is 5.80. The Balaban J connectivity index is 1.99. The van der Waals surface area contributed by atoms with Gasteiger partial charge in [0.1, 0.15) is 11.6 Å². The van der Waals surface area contributed by atoms with Crippen molar-refractivity contribution in [1.29, 1.82) is 5.26 Å². The lowest BCUT2D eigenvalue weighted by Crippen LogP contribution is -2.16. The molecule has 134 valence electrons. The number of benzene rings is 2. The van der Waals surface area contributed by atoms with Gasteiger partial charge < -0.3 is 10.6 Å². The average molecular weight is 392 g/mol. The van der Waals surface area contributed by atoms with Crippen LogP contribution in [0.3, 0.4) is 0 Å². The minimum absolute atomic E-state index is 0.155. The van der Waals surface area contributed by atoms with Crippen molar-refractivity contribution < 1.29 is 17.8 Å². The van der Waals surface area contributed by atoms with Crippen LogP contribution in [-0.4, -0.2) is 18.9 Å². The molecule has 0 saturated carbocycles. The maximum absolute atomic E-state index is 12.1. The standard InChI is InChI=1S/C17H14ClN3O4S/c18-14-3-1-12(2-4-14)10-20-11-13(9-19)17(22)21-15-5-7-16(8-6-15)26(23,24)25/h1-8,11,20H,10H2,(H,21,22)(H,23,24,25)/b13-11-. The van der Waals surface area contributed by atoms with Gasteiger partial charge in [0.2, 0.25) is 0 Å². The smallest absolute Gasteiger partial charge is 0.294 e. The first-order valence-electron chi connectivity index (χ1n) is 7.26. The fourth-order valence-corrected chi connectivity index (χ4v) is 2.54. The van der Waals surface area contributed by atoms with Crippen molar-refractivity contribution in [1.82, 2.24) is 5.32 Å². The lowest BCUT2D eigenvalue weighted by Gasteiger charge is -2.06. The number of amides is 1. The van der Waals surface area contributed by atoms with E-state index in [0.717, 1.165) is 17.7 Å². The Bertz CT molecular complexity index is 963. The van der Waals surface area contributed by atoms with Crippen LogP contribution in [0.2, 0.25) is 5.02 Å². The summed E-state index contributed by atoms with van der Waals surface area (Å²) in [5.74, 6) is -0.657. The van der Waals surface area contributed by atoms with Gasteiger partial charge in [-0.3, -0.25) is 9.35 Å². The zero-order valence-corrected chi connectivity index (χ0v) is 14.9. The summed E-state index contributed by atoms with van der Waals surface area (Å²) in [5, 5.41) is 15.1. The molecule has 26 heavy (non-hydrogen) atoms. The minimum Gasteiger partial charge on any atom is -0.386 e. The summed E-state index contributed by atoms with van der Waals surface area (Å²) in [6.45, 7) is 0.401. The van der Waals surface area contributed by atoms with Gasteiger partial charge in [0, 0.05) is 23.5 Å². The minimum atomic E-state index is -4.30. The van der Waals surface area contributed by atoms with Gasteiger partial charge in [0.15, 0.2) is 0 Å². The zero-order valence-electron chi connectivity index (χ0n) is 13.3.